The van der Waals surface area contributed by atoms with Crippen LogP contribution in [-0.2, 0) is 4.79 Å². The fourth-order valence-corrected chi connectivity index (χ4v) is 4.73. The van der Waals surface area contributed by atoms with E-state index in [1.54, 1.807) is 0 Å². The summed E-state index contributed by atoms with van der Waals surface area (Å²) < 4.78 is 0. The Balaban J connectivity index is 1.45. The quantitative estimate of drug-likeness (QED) is 0.395. The lowest BCUT2D eigenvalue weighted by atomic mass is 9.80. The summed E-state index contributed by atoms with van der Waals surface area (Å²) in [6.45, 7) is 8.49. The van der Waals surface area contributed by atoms with Gasteiger partial charge in [0.15, 0.2) is 0 Å². The summed E-state index contributed by atoms with van der Waals surface area (Å²) in [5.41, 5.74) is 4.03. The molecule has 0 spiro atoms. The number of aromatic amines is 1. The third-order valence-electron chi connectivity index (χ3n) is 7.47. The third kappa shape index (κ3) is 5.32. The first-order chi connectivity index (χ1) is 16.4. The number of amides is 2. The van der Waals surface area contributed by atoms with Gasteiger partial charge in [-0.2, -0.15) is 0 Å². The van der Waals surface area contributed by atoms with Gasteiger partial charge in [-0.25, -0.2) is 4.98 Å². The van der Waals surface area contributed by atoms with Crippen LogP contribution < -0.4 is 10.6 Å². The molecule has 4 rings (SSSR count). The molecule has 0 bridgehead atoms. The van der Waals surface area contributed by atoms with Gasteiger partial charge in [-0.1, -0.05) is 52.2 Å². The molecule has 3 N–H and O–H groups in total. The number of hydrogen-bond acceptors (Lipinski definition) is 3. The Morgan fingerprint density at radius 1 is 1.09 bits per heavy atom. The smallest absolute Gasteiger partial charge is 0.251 e. The van der Waals surface area contributed by atoms with Crippen molar-refractivity contribution in [1.29, 1.82) is 0 Å². The van der Waals surface area contributed by atoms with Crippen molar-refractivity contribution in [2.45, 2.75) is 65.8 Å². The van der Waals surface area contributed by atoms with Crippen LogP contribution in [0.3, 0.4) is 0 Å². The average Bonchev–Trinajstić information content (AvgIpc) is 3.27. The summed E-state index contributed by atoms with van der Waals surface area (Å²) in [6, 6.07) is 13.4. The van der Waals surface area contributed by atoms with Crippen LogP contribution in [0.2, 0.25) is 0 Å². The van der Waals surface area contributed by atoms with E-state index in [1.807, 2.05) is 49.4 Å². The maximum absolute atomic E-state index is 12.8. The number of fused-ring (bicyclic) bond motifs is 1. The van der Waals surface area contributed by atoms with Gasteiger partial charge in [0.1, 0.15) is 5.82 Å². The molecule has 2 aromatic carbocycles. The molecule has 1 aliphatic rings. The van der Waals surface area contributed by atoms with Crippen LogP contribution in [-0.4, -0.2) is 27.8 Å². The first kappa shape index (κ1) is 24.0. The van der Waals surface area contributed by atoms with Crippen LogP contribution in [0.15, 0.2) is 42.5 Å². The van der Waals surface area contributed by atoms with Crippen LogP contribution >= 0.6 is 0 Å². The van der Waals surface area contributed by atoms with Gasteiger partial charge in [-0.15, -0.1) is 0 Å². The zero-order valence-corrected chi connectivity index (χ0v) is 20.7. The van der Waals surface area contributed by atoms with Gasteiger partial charge in [-0.3, -0.25) is 9.59 Å². The molecule has 1 fully saturated rings. The maximum atomic E-state index is 12.8. The Kier molecular flexibility index (Phi) is 7.35. The van der Waals surface area contributed by atoms with E-state index < -0.39 is 0 Å². The van der Waals surface area contributed by atoms with Crippen LogP contribution in [0.25, 0.3) is 22.4 Å². The Labute approximate surface area is 201 Å². The maximum Gasteiger partial charge on any atom is 0.251 e. The van der Waals surface area contributed by atoms with Gasteiger partial charge in [0.25, 0.3) is 5.91 Å². The Morgan fingerprint density at radius 2 is 1.82 bits per heavy atom. The fraction of sp³-hybridized carbons (Fsp3) is 0.464. The first-order valence-electron chi connectivity index (χ1n) is 12.6. The number of rotatable bonds is 7. The summed E-state index contributed by atoms with van der Waals surface area (Å²) in [4.78, 5) is 33.4. The minimum atomic E-state index is -0.0587. The van der Waals surface area contributed by atoms with Crippen molar-refractivity contribution in [3.63, 3.8) is 0 Å². The molecule has 0 aliphatic heterocycles. The summed E-state index contributed by atoms with van der Waals surface area (Å²) in [5, 5.41) is 6.18. The number of imidazole rings is 1. The highest BCUT2D eigenvalue weighted by Crippen LogP contribution is 2.31. The van der Waals surface area contributed by atoms with E-state index in [0.29, 0.717) is 17.4 Å². The highest BCUT2D eigenvalue weighted by Gasteiger charge is 2.27. The number of H-pyrrole nitrogens is 1. The van der Waals surface area contributed by atoms with Crippen LogP contribution in [0.5, 0.6) is 0 Å². The van der Waals surface area contributed by atoms with Crippen LogP contribution in [0, 0.1) is 17.8 Å². The third-order valence-corrected chi connectivity index (χ3v) is 7.47. The van der Waals surface area contributed by atoms with Crippen molar-refractivity contribution in [1.82, 2.24) is 15.3 Å². The summed E-state index contributed by atoms with van der Waals surface area (Å²) in [6.07, 6.45) is 5.46. The lowest BCUT2D eigenvalue weighted by molar-refractivity contribution is -0.122. The topological polar surface area (TPSA) is 86.9 Å². The Bertz CT molecular complexity index is 1150. The molecule has 4 unspecified atom stereocenters. The van der Waals surface area contributed by atoms with Gasteiger partial charge in [-0.05, 0) is 61.9 Å². The molecule has 1 aromatic heterocycles. The molecular formula is C28H36N4O2. The SMILES string of the molecule is CCC(C)C(C)NC(=O)c1ccc(-c2nc3ccc(NC(=O)C4CCCCC4C)cc3[nH]2)cc1. The van der Waals surface area contributed by atoms with Crippen molar-refractivity contribution < 1.29 is 9.59 Å². The molecular weight excluding hydrogens is 424 g/mol. The molecule has 1 saturated carbocycles. The molecule has 0 saturated heterocycles. The molecule has 6 heteroatoms. The Hall–Kier alpha value is -3.15. The van der Waals surface area contributed by atoms with Crippen molar-refractivity contribution in [2.24, 2.45) is 17.8 Å². The van der Waals surface area contributed by atoms with E-state index in [2.05, 4.69) is 36.4 Å². The van der Waals surface area contributed by atoms with Gasteiger partial charge < -0.3 is 15.6 Å². The highest BCUT2D eigenvalue weighted by molar-refractivity contribution is 5.96. The standard InChI is InChI=1S/C28H36N4O2/c1-5-17(2)19(4)29-27(33)21-12-10-20(11-13-21)26-31-24-15-14-22(16-25(24)32-26)30-28(34)23-9-7-6-8-18(23)3/h10-19,23H,5-9H2,1-4H3,(H,29,33)(H,30,34)(H,31,32). The van der Waals surface area contributed by atoms with Crippen molar-refractivity contribution in [3.05, 3.63) is 48.0 Å². The van der Waals surface area contributed by atoms with Gasteiger partial charge >= 0.3 is 0 Å². The second kappa shape index (κ2) is 10.4. The van der Waals surface area contributed by atoms with Gasteiger partial charge in [0.05, 0.1) is 11.0 Å². The molecule has 3 aromatic rings. The minimum absolute atomic E-state index is 0.0587. The summed E-state index contributed by atoms with van der Waals surface area (Å²) in [5.74, 6) is 1.74. The number of aromatic nitrogens is 2. The van der Waals surface area contributed by atoms with Gasteiger partial charge in [0.2, 0.25) is 5.91 Å². The zero-order valence-electron chi connectivity index (χ0n) is 20.7. The van der Waals surface area contributed by atoms with E-state index in [-0.39, 0.29) is 23.8 Å². The summed E-state index contributed by atoms with van der Waals surface area (Å²) >= 11 is 0. The predicted molar refractivity (Wildman–Crippen MR) is 138 cm³/mol. The van der Waals surface area contributed by atoms with Crippen molar-refractivity contribution >= 4 is 28.5 Å². The zero-order chi connectivity index (χ0) is 24.2. The van der Waals surface area contributed by atoms with Crippen molar-refractivity contribution in [2.75, 3.05) is 5.32 Å². The fourth-order valence-electron chi connectivity index (χ4n) is 4.73. The molecule has 2 amide bonds. The van der Waals surface area contributed by atoms with E-state index in [1.165, 1.54) is 6.42 Å². The predicted octanol–water partition coefficient (Wildman–Crippen LogP) is 6.16. The molecule has 1 aliphatic carbocycles. The lowest BCUT2D eigenvalue weighted by Crippen LogP contribution is -2.36. The first-order valence-corrected chi connectivity index (χ1v) is 12.6. The van der Waals surface area contributed by atoms with E-state index in [4.69, 9.17) is 4.98 Å². The number of carbonyl (C=O) groups is 2. The van der Waals surface area contributed by atoms with Crippen LogP contribution in [0.1, 0.15) is 70.2 Å². The number of carbonyl (C=O) groups excluding carboxylic acids is 2. The Morgan fingerprint density at radius 3 is 2.53 bits per heavy atom. The number of hydrogen-bond donors (Lipinski definition) is 3. The molecule has 4 atom stereocenters. The van der Waals surface area contributed by atoms with Crippen LogP contribution in [0.4, 0.5) is 5.69 Å². The molecule has 0 radical (unpaired) electrons. The summed E-state index contributed by atoms with van der Waals surface area (Å²) in [7, 11) is 0. The monoisotopic (exact) mass is 460 g/mol. The normalized spacial score (nSPS) is 20.0. The van der Waals surface area contributed by atoms with Gasteiger partial charge in [0, 0.05) is 28.8 Å². The second-order valence-corrected chi connectivity index (χ2v) is 9.90. The van der Waals surface area contributed by atoms with E-state index in [9.17, 15) is 9.59 Å². The highest BCUT2D eigenvalue weighted by atomic mass is 16.2. The average molecular weight is 461 g/mol. The number of nitrogens with zero attached hydrogens (tertiary/aromatic N) is 1. The molecule has 6 nitrogen and oxygen atoms in total. The minimum Gasteiger partial charge on any atom is -0.349 e. The number of anilines is 1. The molecule has 180 valence electrons. The number of nitrogens with one attached hydrogen (secondary N) is 3. The largest absolute Gasteiger partial charge is 0.349 e. The van der Waals surface area contributed by atoms with E-state index >= 15 is 0 Å². The lowest BCUT2D eigenvalue weighted by Gasteiger charge is -2.27. The van der Waals surface area contributed by atoms with E-state index in [0.717, 1.165) is 53.8 Å². The second-order valence-electron chi connectivity index (χ2n) is 9.90. The molecule has 34 heavy (non-hydrogen) atoms. The molecule has 1 heterocycles. The van der Waals surface area contributed by atoms with Crippen molar-refractivity contribution in [3.8, 4) is 11.4 Å². The number of benzene rings is 2.